The highest BCUT2D eigenvalue weighted by atomic mass is 32.2. The lowest BCUT2D eigenvalue weighted by molar-refractivity contribution is 0.131. The highest BCUT2D eigenvalue weighted by Gasteiger charge is 2.18. The molecular formula is C17H18N2O3S. The van der Waals surface area contributed by atoms with Gasteiger partial charge in [-0.1, -0.05) is 12.1 Å². The van der Waals surface area contributed by atoms with Crippen LogP contribution in [-0.2, 0) is 10.0 Å². The highest BCUT2D eigenvalue weighted by molar-refractivity contribution is 7.92. The molecule has 0 aliphatic heterocycles. The summed E-state index contributed by atoms with van der Waals surface area (Å²) in [5, 5.41) is 9.03. The van der Waals surface area contributed by atoms with E-state index in [0.717, 1.165) is 0 Å². The van der Waals surface area contributed by atoms with Gasteiger partial charge in [0.15, 0.2) is 0 Å². The first-order valence-corrected chi connectivity index (χ1v) is 8.51. The molecule has 0 saturated heterocycles. The Labute approximate surface area is 136 Å². The number of hydrogen-bond donors (Lipinski definition) is 1. The van der Waals surface area contributed by atoms with E-state index >= 15 is 0 Å². The number of sulfonamides is 1. The highest BCUT2D eigenvalue weighted by Crippen LogP contribution is 2.23. The summed E-state index contributed by atoms with van der Waals surface area (Å²) in [6, 6.07) is 14.6. The minimum absolute atomic E-state index is 0.0440. The van der Waals surface area contributed by atoms with Crippen LogP contribution in [0.4, 0.5) is 5.69 Å². The quantitative estimate of drug-likeness (QED) is 0.930. The van der Waals surface area contributed by atoms with E-state index in [2.05, 4.69) is 4.72 Å². The summed E-state index contributed by atoms with van der Waals surface area (Å²) in [5.41, 5.74) is 0.180. The Morgan fingerprint density at radius 2 is 1.65 bits per heavy atom. The molecule has 0 spiro atoms. The number of rotatable bonds is 4. The van der Waals surface area contributed by atoms with Gasteiger partial charge in [-0.2, -0.15) is 5.26 Å². The molecule has 0 fully saturated rings. The number of benzene rings is 2. The molecule has 0 amide bonds. The molecule has 0 atom stereocenters. The van der Waals surface area contributed by atoms with Crippen LogP contribution in [0.2, 0.25) is 0 Å². The van der Waals surface area contributed by atoms with Gasteiger partial charge < -0.3 is 4.74 Å². The molecule has 0 aliphatic carbocycles. The smallest absolute Gasteiger partial charge is 0.263 e. The zero-order valence-electron chi connectivity index (χ0n) is 13.2. The Morgan fingerprint density at radius 3 is 2.22 bits per heavy atom. The van der Waals surface area contributed by atoms with Crippen molar-refractivity contribution in [2.75, 3.05) is 4.72 Å². The van der Waals surface area contributed by atoms with Crippen molar-refractivity contribution in [3.8, 4) is 11.8 Å². The zero-order chi connectivity index (χ0) is 17.1. The maximum absolute atomic E-state index is 12.4. The van der Waals surface area contributed by atoms with Crippen LogP contribution in [0.15, 0.2) is 53.4 Å². The maximum atomic E-state index is 12.4. The second kappa shape index (κ2) is 6.31. The average Bonchev–Trinajstić information content (AvgIpc) is 2.47. The lowest BCUT2D eigenvalue weighted by Gasteiger charge is -2.21. The van der Waals surface area contributed by atoms with Crippen LogP contribution in [0, 0.1) is 11.3 Å². The summed E-state index contributed by atoms with van der Waals surface area (Å²) < 4.78 is 33.0. The minimum Gasteiger partial charge on any atom is -0.488 e. The Balaban J connectivity index is 2.23. The lowest BCUT2D eigenvalue weighted by Crippen LogP contribution is -2.22. The van der Waals surface area contributed by atoms with Gasteiger partial charge in [0.05, 0.1) is 5.56 Å². The van der Waals surface area contributed by atoms with Crippen molar-refractivity contribution < 1.29 is 13.2 Å². The number of ether oxygens (including phenoxy) is 1. The Morgan fingerprint density at radius 1 is 1.04 bits per heavy atom. The van der Waals surface area contributed by atoms with Crippen LogP contribution in [0.25, 0.3) is 0 Å². The van der Waals surface area contributed by atoms with E-state index < -0.39 is 10.0 Å². The first-order valence-electron chi connectivity index (χ1n) is 7.02. The number of nitrogens with one attached hydrogen (secondary N) is 1. The van der Waals surface area contributed by atoms with Crippen molar-refractivity contribution >= 4 is 15.7 Å². The molecule has 6 heteroatoms. The number of hydrogen-bond acceptors (Lipinski definition) is 4. The molecule has 0 saturated carbocycles. The van der Waals surface area contributed by atoms with Crippen molar-refractivity contribution in [1.29, 1.82) is 5.26 Å². The van der Waals surface area contributed by atoms with Crippen molar-refractivity contribution in [2.45, 2.75) is 31.3 Å². The molecule has 0 unspecified atom stereocenters. The fraction of sp³-hybridized carbons (Fsp3) is 0.235. The fourth-order valence-electron chi connectivity index (χ4n) is 1.95. The predicted octanol–water partition coefficient (Wildman–Crippen LogP) is 3.54. The van der Waals surface area contributed by atoms with E-state index in [-0.39, 0.29) is 16.1 Å². The lowest BCUT2D eigenvalue weighted by atomic mass is 10.2. The van der Waals surface area contributed by atoms with E-state index in [0.29, 0.717) is 11.4 Å². The van der Waals surface area contributed by atoms with Crippen LogP contribution in [0.5, 0.6) is 5.75 Å². The van der Waals surface area contributed by atoms with E-state index in [1.807, 2.05) is 26.8 Å². The molecule has 120 valence electrons. The van der Waals surface area contributed by atoms with Gasteiger partial charge in [0, 0.05) is 5.69 Å². The molecule has 1 N–H and O–H groups in total. The third kappa shape index (κ3) is 4.47. The molecule has 2 aromatic carbocycles. The summed E-state index contributed by atoms with van der Waals surface area (Å²) in [7, 11) is -3.82. The predicted molar refractivity (Wildman–Crippen MR) is 88.8 cm³/mol. The molecule has 0 bridgehead atoms. The van der Waals surface area contributed by atoms with Gasteiger partial charge >= 0.3 is 0 Å². The molecule has 23 heavy (non-hydrogen) atoms. The zero-order valence-corrected chi connectivity index (χ0v) is 14.0. The van der Waals surface area contributed by atoms with Crippen LogP contribution in [0.1, 0.15) is 26.3 Å². The molecule has 2 aromatic rings. The molecule has 0 radical (unpaired) electrons. The van der Waals surface area contributed by atoms with E-state index in [9.17, 15) is 8.42 Å². The minimum atomic E-state index is -3.82. The molecule has 0 aromatic heterocycles. The number of nitriles is 1. The summed E-state index contributed by atoms with van der Waals surface area (Å²) in [4.78, 5) is -0.0440. The molecule has 5 nitrogen and oxygen atoms in total. The summed E-state index contributed by atoms with van der Waals surface area (Å²) in [5.74, 6) is 0.651. The summed E-state index contributed by atoms with van der Waals surface area (Å²) in [6.07, 6.45) is 0. The van der Waals surface area contributed by atoms with Crippen molar-refractivity contribution in [1.82, 2.24) is 0 Å². The first kappa shape index (κ1) is 16.8. The summed E-state index contributed by atoms with van der Waals surface area (Å²) in [6.45, 7) is 5.80. The van der Waals surface area contributed by atoms with Crippen LogP contribution >= 0.6 is 0 Å². The van der Waals surface area contributed by atoms with Crippen molar-refractivity contribution in [2.24, 2.45) is 0 Å². The van der Waals surface area contributed by atoms with E-state index in [4.69, 9.17) is 10.00 Å². The second-order valence-corrected chi connectivity index (χ2v) is 7.60. The molecule has 2 rings (SSSR count). The van der Waals surface area contributed by atoms with Crippen LogP contribution in [-0.4, -0.2) is 14.0 Å². The normalized spacial score (nSPS) is 11.6. The van der Waals surface area contributed by atoms with Crippen LogP contribution in [0.3, 0.4) is 0 Å². The maximum Gasteiger partial charge on any atom is 0.263 e. The van der Waals surface area contributed by atoms with Gasteiger partial charge in [-0.15, -0.1) is 0 Å². The second-order valence-electron chi connectivity index (χ2n) is 5.95. The topological polar surface area (TPSA) is 79.2 Å². The third-order valence-electron chi connectivity index (χ3n) is 2.83. The summed E-state index contributed by atoms with van der Waals surface area (Å²) >= 11 is 0. The van der Waals surface area contributed by atoms with Crippen LogP contribution < -0.4 is 9.46 Å². The fourth-order valence-corrected chi connectivity index (χ4v) is 3.17. The molecule has 0 aliphatic rings. The Bertz CT molecular complexity index is 829. The number of nitrogens with zero attached hydrogens (tertiary/aromatic N) is 1. The van der Waals surface area contributed by atoms with E-state index in [1.54, 1.807) is 36.4 Å². The molecule has 0 heterocycles. The van der Waals surface area contributed by atoms with Gasteiger partial charge in [-0.3, -0.25) is 4.72 Å². The average molecular weight is 330 g/mol. The van der Waals surface area contributed by atoms with Gasteiger partial charge in [0.25, 0.3) is 10.0 Å². The largest absolute Gasteiger partial charge is 0.488 e. The monoisotopic (exact) mass is 330 g/mol. The van der Waals surface area contributed by atoms with Gasteiger partial charge in [-0.25, -0.2) is 8.42 Å². The SMILES string of the molecule is CC(C)(C)Oc1ccc(NS(=O)(=O)c2ccccc2C#N)cc1. The van der Waals surface area contributed by atoms with Crippen molar-refractivity contribution in [3.63, 3.8) is 0 Å². The molecular weight excluding hydrogens is 312 g/mol. The first-order chi connectivity index (χ1) is 10.7. The number of anilines is 1. The van der Waals surface area contributed by atoms with Gasteiger partial charge in [0.2, 0.25) is 0 Å². The third-order valence-corrected chi connectivity index (χ3v) is 4.27. The standard InChI is InChI=1S/C17H18N2O3S/c1-17(2,3)22-15-10-8-14(9-11-15)19-23(20,21)16-7-5-4-6-13(16)12-18/h4-11,19H,1-3H3. The Kier molecular flexibility index (Phi) is 4.62. The van der Waals surface area contributed by atoms with Crippen molar-refractivity contribution in [3.05, 3.63) is 54.1 Å². The van der Waals surface area contributed by atoms with Gasteiger partial charge in [0.1, 0.15) is 22.3 Å². The van der Waals surface area contributed by atoms with Gasteiger partial charge in [-0.05, 0) is 57.2 Å². The Hall–Kier alpha value is -2.52. The van der Waals surface area contributed by atoms with E-state index in [1.165, 1.54) is 12.1 Å².